The molecule has 0 saturated carbocycles. The molecule has 4 heteroatoms. The Bertz CT molecular complexity index is 426. The van der Waals surface area contributed by atoms with Crippen molar-refractivity contribution in [3.8, 4) is 0 Å². The van der Waals surface area contributed by atoms with Crippen LogP contribution in [0.4, 0.5) is 4.39 Å². The largest absolute Gasteiger partial charge is 0.333 e. The predicted octanol–water partition coefficient (Wildman–Crippen LogP) is 2.72. The van der Waals surface area contributed by atoms with Crippen LogP contribution in [-0.4, -0.2) is 9.55 Å². The normalized spacial score (nSPS) is 10.4. The van der Waals surface area contributed by atoms with Crippen molar-refractivity contribution in [2.75, 3.05) is 0 Å². The van der Waals surface area contributed by atoms with E-state index in [1.165, 1.54) is 6.07 Å². The van der Waals surface area contributed by atoms with Gasteiger partial charge in [-0.15, -0.1) is 0 Å². The highest BCUT2D eigenvalue weighted by Gasteiger charge is 2.01. The van der Waals surface area contributed by atoms with Gasteiger partial charge in [0.1, 0.15) is 5.82 Å². The van der Waals surface area contributed by atoms with Gasteiger partial charge in [0.2, 0.25) is 0 Å². The van der Waals surface area contributed by atoms with Crippen LogP contribution in [0.1, 0.15) is 5.56 Å². The van der Waals surface area contributed by atoms with Crippen molar-refractivity contribution in [1.29, 1.82) is 0 Å². The third-order valence-electron chi connectivity index (χ3n) is 1.91. The van der Waals surface area contributed by atoms with Gasteiger partial charge in [0, 0.05) is 18.9 Å². The summed E-state index contributed by atoms with van der Waals surface area (Å²) in [6, 6.07) is 4.79. The number of halogens is 2. The number of aromatic nitrogens is 2. The van der Waals surface area contributed by atoms with Crippen LogP contribution in [0.5, 0.6) is 0 Å². The van der Waals surface area contributed by atoms with Crippen LogP contribution in [0.15, 0.2) is 36.9 Å². The van der Waals surface area contributed by atoms with Crippen molar-refractivity contribution in [3.63, 3.8) is 0 Å². The van der Waals surface area contributed by atoms with E-state index in [2.05, 4.69) is 4.98 Å². The zero-order valence-corrected chi connectivity index (χ0v) is 8.08. The molecule has 0 unspecified atom stereocenters. The first kappa shape index (κ1) is 9.21. The van der Waals surface area contributed by atoms with Crippen LogP contribution in [0.25, 0.3) is 0 Å². The maximum absolute atomic E-state index is 13.1. The highest BCUT2D eigenvalue weighted by atomic mass is 35.5. The van der Waals surface area contributed by atoms with Crippen LogP contribution in [0.3, 0.4) is 0 Å². The first-order chi connectivity index (χ1) is 6.75. The van der Waals surface area contributed by atoms with Gasteiger partial charge in [-0.3, -0.25) is 0 Å². The minimum atomic E-state index is -0.385. The van der Waals surface area contributed by atoms with E-state index in [0.29, 0.717) is 6.54 Å². The fraction of sp³-hybridized carbons (Fsp3) is 0.100. The Morgan fingerprint density at radius 3 is 2.93 bits per heavy atom. The SMILES string of the molecule is Fc1cc(Cn2ccnc2)ccc1Cl. The van der Waals surface area contributed by atoms with Crippen molar-refractivity contribution in [1.82, 2.24) is 9.55 Å². The van der Waals surface area contributed by atoms with Crippen LogP contribution in [-0.2, 0) is 6.54 Å². The van der Waals surface area contributed by atoms with Crippen molar-refractivity contribution >= 4 is 11.6 Å². The molecule has 1 aromatic carbocycles. The van der Waals surface area contributed by atoms with E-state index in [-0.39, 0.29) is 10.8 Å². The fourth-order valence-electron chi connectivity index (χ4n) is 1.23. The lowest BCUT2D eigenvalue weighted by Crippen LogP contribution is -1.96. The first-order valence-electron chi connectivity index (χ1n) is 4.15. The van der Waals surface area contributed by atoms with Gasteiger partial charge in [0.05, 0.1) is 11.3 Å². The minimum absolute atomic E-state index is 0.152. The maximum atomic E-state index is 13.1. The molecule has 14 heavy (non-hydrogen) atoms. The Morgan fingerprint density at radius 1 is 1.43 bits per heavy atom. The van der Waals surface area contributed by atoms with Crippen molar-refractivity contribution in [2.24, 2.45) is 0 Å². The average Bonchev–Trinajstić information content (AvgIpc) is 2.64. The van der Waals surface area contributed by atoms with Crippen LogP contribution in [0.2, 0.25) is 5.02 Å². The van der Waals surface area contributed by atoms with Crippen LogP contribution < -0.4 is 0 Å². The van der Waals surface area contributed by atoms with Gasteiger partial charge in [0.15, 0.2) is 0 Å². The van der Waals surface area contributed by atoms with Crippen LogP contribution in [0, 0.1) is 5.82 Å². The molecule has 0 saturated heterocycles. The Morgan fingerprint density at radius 2 is 2.29 bits per heavy atom. The highest BCUT2D eigenvalue weighted by molar-refractivity contribution is 6.30. The summed E-state index contributed by atoms with van der Waals surface area (Å²) in [6.07, 6.45) is 5.20. The Hall–Kier alpha value is -1.35. The summed E-state index contributed by atoms with van der Waals surface area (Å²) >= 11 is 5.57. The molecule has 72 valence electrons. The molecule has 0 N–H and O–H groups in total. The number of rotatable bonds is 2. The third kappa shape index (κ3) is 1.93. The molecule has 1 aromatic heterocycles. The molecule has 1 heterocycles. The average molecular weight is 211 g/mol. The van der Waals surface area contributed by atoms with Gasteiger partial charge in [-0.2, -0.15) is 0 Å². The predicted molar refractivity (Wildman–Crippen MR) is 52.7 cm³/mol. The van der Waals surface area contributed by atoms with Gasteiger partial charge < -0.3 is 4.57 Å². The molecule has 0 aliphatic carbocycles. The van der Waals surface area contributed by atoms with Gasteiger partial charge in [-0.25, -0.2) is 9.37 Å². The van der Waals surface area contributed by atoms with Crippen molar-refractivity contribution < 1.29 is 4.39 Å². The van der Waals surface area contributed by atoms with E-state index < -0.39 is 0 Å². The summed E-state index contributed by atoms with van der Waals surface area (Å²) in [5.74, 6) is -0.385. The Kier molecular flexibility index (Phi) is 2.50. The summed E-state index contributed by atoms with van der Waals surface area (Å²) in [4.78, 5) is 3.90. The summed E-state index contributed by atoms with van der Waals surface area (Å²) in [5.41, 5.74) is 0.866. The monoisotopic (exact) mass is 210 g/mol. The van der Waals surface area contributed by atoms with Crippen LogP contribution >= 0.6 is 11.6 Å². The maximum Gasteiger partial charge on any atom is 0.142 e. The lowest BCUT2D eigenvalue weighted by Gasteiger charge is -2.02. The lowest BCUT2D eigenvalue weighted by atomic mass is 10.2. The van der Waals surface area contributed by atoms with Crippen molar-refractivity contribution in [2.45, 2.75) is 6.54 Å². The molecule has 2 rings (SSSR count). The zero-order chi connectivity index (χ0) is 9.97. The Balaban J connectivity index is 2.22. The smallest absolute Gasteiger partial charge is 0.142 e. The first-order valence-corrected chi connectivity index (χ1v) is 4.53. The van der Waals surface area contributed by atoms with E-state index in [4.69, 9.17) is 11.6 Å². The van der Waals surface area contributed by atoms with E-state index >= 15 is 0 Å². The number of hydrogen-bond acceptors (Lipinski definition) is 1. The Labute approximate surface area is 86.0 Å². The van der Waals surface area contributed by atoms with E-state index in [1.807, 2.05) is 10.8 Å². The number of imidazole rings is 1. The van der Waals surface area contributed by atoms with E-state index in [1.54, 1.807) is 24.7 Å². The number of nitrogens with zero attached hydrogens (tertiary/aromatic N) is 2. The van der Waals surface area contributed by atoms with Gasteiger partial charge in [-0.05, 0) is 17.7 Å². The molecular formula is C10H8ClFN2. The van der Waals surface area contributed by atoms with Gasteiger partial charge in [0.25, 0.3) is 0 Å². The molecule has 0 atom stereocenters. The molecule has 0 fully saturated rings. The summed E-state index contributed by atoms with van der Waals surface area (Å²) in [6.45, 7) is 0.605. The molecule has 0 bridgehead atoms. The molecule has 0 aliphatic heterocycles. The van der Waals surface area contributed by atoms with E-state index in [0.717, 1.165) is 5.56 Å². The molecule has 2 aromatic rings. The number of hydrogen-bond donors (Lipinski definition) is 0. The highest BCUT2D eigenvalue weighted by Crippen LogP contribution is 2.16. The summed E-state index contributed by atoms with van der Waals surface area (Å²) in [7, 11) is 0. The van der Waals surface area contributed by atoms with E-state index in [9.17, 15) is 4.39 Å². The quantitative estimate of drug-likeness (QED) is 0.745. The minimum Gasteiger partial charge on any atom is -0.333 e. The van der Waals surface area contributed by atoms with Gasteiger partial charge >= 0.3 is 0 Å². The topological polar surface area (TPSA) is 17.8 Å². The summed E-state index contributed by atoms with van der Waals surface area (Å²) < 4.78 is 14.9. The molecule has 2 nitrogen and oxygen atoms in total. The molecule has 0 spiro atoms. The second-order valence-electron chi connectivity index (χ2n) is 2.98. The molecule has 0 aliphatic rings. The number of benzene rings is 1. The zero-order valence-electron chi connectivity index (χ0n) is 7.32. The molecular weight excluding hydrogens is 203 g/mol. The lowest BCUT2D eigenvalue weighted by molar-refractivity contribution is 0.624. The second kappa shape index (κ2) is 3.80. The molecule has 0 radical (unpaired) electrons. The van der Waals surface area contributed by atoms with Crippen molar-refractivity contribution in [3.05, 3.63) is 53.3 Å². The second-order valence-corrected chi connectivity index (χ2v) is 3.39. The third-order valence-corrected chi connectivity index (χ3v) is 2.21. The molecule has 0 amide bonds. The standard InChI is InChI=1S/C10H8ClFN2/c11-9-2-1-8(5-10(9)12)6-14-4-3-13-7-14/h1-5,7H,6H2. The summed E-state index contributed by atoms with van der Waals surface area (Å²) in [5, 5.41) is 0.152. The van der Waals surface area contributed by atoms with Gasteiger partial charge in [-0.1, -0.05) is 17.7 Å². The fourth-order valence-corrected chi connectivity index (χ4v) is 1.35.